The number of rotatable bonds is 5. The molecule has 0 aromatic heterocycles. The molecule has 2 aliphatic rings. The molecule has 1 aliphatic carbocycles. The first-order valence-corrected chi connectivity index (χ1v) is 8.89. The van der Waals surface area contributed by atoms with Crippen LogP contribution in [0.15, 0.2) is 4.99 Å². The summed E-state index contributed by atoms with van der Waals surface area (Å²) in [5, 5.41) is 6.14. The zero-order valence-electron chi connectivity index (χ0n) is 16.0. The second kappa shape index (κ2) is 9.05. The van der Waals surface area contributed by atoms with Gasteiger partial charge in [0.25, 0.3) is 0 Å². The highest BCUT2D eigenvalue weighted by Gasteiger charge is 2.40. The van der Waals surface area contributed by atoms with Gasteiger partial charge >= 0.3 is 0 Å². The number of piperazine rings is 1. The van der Waals surface area contributed by atoms with Gasteiger partial charge in [0.1, 0.15) is 6.54 Å². The summed E-state index contributed by atoms with van der Waals surface area (Å²) < 4.78 is 0. The molecule has 1 heterocycles. The van der Waals surface area contributed by atoms with E-state index in [0.29, 0.717) is 25.1 Å². The van der Waals surface area contributed by atoms with Crippen LogP contribution in [-0.4, -0.2) is 71.4 Å². The van der Waals surface area contributed by atoms with Crippen LogP contribution in [0.4, 0.5) is 0 Å². The fourth-order valence-electron chi connectivity index (χ4n) is 3.39. The summed E-state index contributed by atoms with van der Waals surface area (Å²) in [5.74, 6) is 0.668. The minimum Gasteiger partial charge on any atom is -0.356 e. The van der Waals surface area contributed by atoms with E-state index in [4.69, 9.17) is 0 Å². The van der Waals surface area contributed by atoms with E-state index in [9.17, 15) is 9.59 Å². The lowest BCUT2D eigenvalue weighted by Gasteiger charge is -2.49. The van der Waals surface area contributed by atoms with Gasteiger partial charge in [0.05, 0.1) is 12.1 Å². The van der Waals surface area contributed by atoms with Crippen LogP contribution in [0.25, 0.3) is 0 Å². The first-order valence-electron chi connectivity index (χ1n) is 8.89. The van der Waals surface area contributed by atoms with Gasteiger partial charge < -0.3 is 20.4 Å². The largest absolute Gasteiger partial charge is 0.356 e. The molecule has 1 saturated carbocycles. The predicted octanol–water partition coefficient (Wildman–Crippen LogP) is 1.18. The monoisotopic (exact) mass is 465 g/mol. The normalized spacial score (nSPS) is 20.4. The third-order valence-electron chi connectivity index (χ3n) is 4.29. The first kappa shape index (κ1) is 22.0. The number of amides is 2. The number of carbonyl (C=O) groups excluding carboxylic acids is 2. The van der Waals surface area contributed by atoms with Gasteiger partial charge in [-0.25, -0.2) is 4.99 Å². The highest BCUT2D eigenvalue weighted by Crippen LogP contribution is 2.24. The minimum absolute atomic E-state index is 0. The fourth-order valence-corrected chi connectivity index (χ4v) is 3.39. The number of hydrogen-bond acceptors (Lipinski definition) is 3. The van der Waals surface area contributed by atoms with Gasteiger partial charge in [-0.05, 0) is 47.5 Å². The van der Waals surface area contributed by atoms with Gasteiger partial charge in [-0.3, -0.25) is 9.59 Å². The van der Waals surface area contributed by atoms with E-state index in [1.54, 1.807) is 0 Å². The Morgan fingerprint density at radius 3 is 2.48 bits per heavy atom. The van der Waals surface area contributed by atoms with Crippen LogP contribution >= 0.6 is 24.0 Å². The summed E-state index contributed by atoms with van der Waals surface area (Å²) in [6.45, 7) is 12.0. The van der Waals surface area contributed by atoms with Gasteiger partial charge in [-0.1, -0.05) is 0 Å². The zero-order chi connectivity index (χ0) is 17.9. The summed E-state index contributed by atoms with van der Waals surface area (Å²) in [6.07, 6.45) is 2.13. The maximum Gasteiger partial charge on any atom is 0.242 e. The lowest BCUT2D eigenvalue weighted by Crippen LogP contribution is -2.66. The Kier molecular flexibility index (Phi) is 7.95. The van der Waals surface area contributed by atoms with Crippen molar-refractivity contribution in [3.8, 4) is 0 Å². The van der Waals surface area contributed by atoms with Crippen LogP contribution in [0, 0.1) is 0 Å². The molecule has 144 valence electrons. The molecule has 2 rings (SSSR count). The molecule has 2 N–H and O–H groups in total. The topological polar surface area (TPSA) is 77.0 Å². The van der Waals surface area contributed by atoms with Gasteiger partial charge in [-0.15, -0.1) is 24.0 Å². The number of nitrogens with one attached hydrogen (secondary N) is 2. The molecule has 7 nitrogen and oxygen atoms in total. The maximum absolute atomic E-state index is 12.6. The second-order valence-corrected chi connectivity index (χ2v) is 7.54. The molecule has 0 unspecified atom stereocenters. The van der Waals surface area contributed by atoms with E-state index in [2.05, 4.69) is 29.5 Å². The average Bonchev–Trinajstić information content (AvgIpc) is 3.24. The molecule has 0 bridgehead atoms. The van der Waals surface area contributed by atoms with Crippen molar-refractivity contribution >= 4 is 41.8 Å². The minimum atomic E-state index is -0.282. The third kappa shape index (κ3) is 6.00. The summed E-state index contributed by atoms with van der Waals surface area (Å²) in [5.41, 5.74) is -0.282. The molecule has 8 heteroatoms. The Labute approximate surface area is 168 Å². The highest BCUT2D eigenvalue weighted by atomic mass is 127. The summed E-state index contributed by atoms with van der Waals surface area (Å²) >= 11 is 0. The van der Waals surface area contributed by atoms with Crippen LogP contribution < -0.4 is 10.6 Å². The molecular formula is C17H32IN5O2. The van der Waals surface area contributed by atoms with Crippen molar-refractivity contribution in [1.29, 1.82) is 0 Å². The number of guanidine groups is 1. The lowest BCUT2D eigenvalue weighted by atomic mass is 9.96. The van der Waals surface area contributed by atoms with Crippen LogP contribution in [0.3, 0.4) is 0 Å². The first-order chi connectivity index (χ1) is 11.2. The van der Waals surface area contributed by atoms with Gasteiger partial charge in [-0.2, -0.15) is 0 Å². The van der Waals surface area contributed by atoms with E-state index in [0.717, 1.165) is 12.8 Å². The fraction of sp³-hybridized carbons (Fsp3) is 0.824. The third-order valence-corrected chi connectivity index (χ3v) is 4.29. The zero-order valence-corrected chi connectivity index (χ0v) is 18.3. The molecule has 1 saturated heterocycles. The Bertz CT molecular complexity index is 517. The van der Waals surface area contributed by atoms with E-state index in [1.165, 1.54) is 0 Å². The molecule has 0 aromatic rings. The molecule has 1 aliphatic heterocycles. The molecule has 0 radical (unpaired) electrons. The van der Waals surface area contributed by atoms with Gasteiger partial charge in [0.2, 0.25) is 11.8 Å². The SMILES string of the molecule is CCNC(=NCC(=O)NC1CC1)N1CC(=O)N(C(C)C)C(C)(C)C1.I. The molecule has 0 atom stereocenters. The van der Waals surface area contributed by atoms with Crippen molar-refractivity contribution in [3.63, 3.8) is 0 Å². The summed E-state index contributed by atoms with van der Waals surface area (Å²) in [7, 11) is 0. The molecule has 0 spiro atoms. The quantitative estimate of drug-likeness (QED) is 0.363. The number of hydrogen-bond donors (Lipinski definition) is 2. The maximum atomic E-state index is 12.6. The van der Waals surface area contributed by atoms with Crippen molar-refractivity contribution in [3.05, 3.63) is 0 Å². The van der Waals surface area contributed by atoms with Crippen LogP contribution in [-0.2, 0) is 9.59 Å². The van der Waals surface area contributed by atoms with Gasteiger partial charge in [0, 0.05) is 25.2 Å². The number of nitrogens with zero attached hydrogens (tertiary/aromatic N) is 3. The van der Waals surface area contributed by atoms with Crippen molar-refractivity contribution in [1.82, 2.24) is 20.4 Å². The number of halogens is 1. The standard InChI is InChI=1S/C17H31N5O2.HI/c1-6-18-16(19-9-14(23)20-13-7-8-13)21-10-15(24)22(12(2)3)17(4,5)11-21;/h12-13H,6-11H2,1-5H3,(H,18,19)(H,20,23);1H. The molecule has 25 heavy (non-hydrogen) atoms. The Morgan fingerprint density at radius 1 is 1.36 bits per heavy atom. The summed E-state index contributed by atoms with van der Waals surface area (Å²) in [4.78, 5) is 32.8. The Balaban J connectivity index is 0.00000312. The van der Waals surface area contributed by atoms with Crippen LogP contribution in [0.1, 0.15) is 47.5 Å². The van der Waals surface area contributed by atoms with Crippen molar-refractivity contribution in [2.24, 2.45) is 4.99 Å². The molecular weight excluding hydrogens is 433 g/mol. The molecule has 2 amide bonds. The number of aliphatic imine (C=N–C) groups is 1. The average molecular weight is 465 g/mol. The Morgan fingerprint density at radius 2 is 2.00 bits per heavy atom. The van der Waals surface area contributed by atoms with Gasteiger partial charge in [0.15, 0.2) is 5.96 Å². The number of carbonyl (C=O) groups is 2. The van der Waals surface area contributed by atoms with Crippen molar-refractivity contribution < 1.29 is 9.59 Å². The van der Waals surface area contributed by atoms with Crippen LogP contribution in [0.2, 0.25) is 0 Å². The molecule has 0 aromatic carbocycles. The predicted molar refractivity (Wildman–Crippen MR) is 110 cm³/mol. The smallest absolute Gasteiger partial charge is 0.242 e. The van der Waals surface area contributed by atoms with Crippen molar-refractivity contribution in [2.45, 2.75) is 65.1 Å². The summed E-state index contributed by atoms with van der Waals surface area (Å²) in [6, 6.07) is 0.504. The van der Waals surface area contributed by atoms with E-state index >= 15 is 0 Å². The lowest BCUT2D eigenvalue weighted by molar-refractivity contribution is -0.145. The Hall–Kier alpha value is -1.06. The van der Waals surface area contributed by atoms with E-state index in [1.807, 2.05) is 30.6 Å². The highest BCUT2D eigenvalue weighted by molar-refractivity contribution is 14.0. The van der Waals surface area contributed by atoms with E-state index in [-0.39, 0.29) is 60.5 Å². The van der Waals surface area contributed by atoms with E-state index < -0.39 is 0 Å². The van der Waals surface area contributed by atoms with Crippen molar-refractivity contribution in [2.75, 3.05) is 26.2 Å². The second-order valence-electron chi connectivity index (χ2n) is 7.54. The van der Waals surface area contributed by atoms with Crippen LogP contribution in [0.5, 0.6) is 0 Å². The molecule has 2 fully saturated rings.